The van der Waals surface area contributed by atoms with E-state index < -0.39 is 5.97 Å². The van der Waals surface area contributed by atoms with Crippen LogP contribution in [0, 0.1) is 11.3 Å². The van der Waals surface area contributed by atoms with E-state index in [9.17, 15) is 9.59 Å². The lowest BCUT2D eigenvalue weighted by atomic mass is 9.66. The Labute approximate surface area is 126 Å². The van der Waals surface area contributed by atoms with Gasteiger partial charge in [-0.1, -0.05) is 19.8 Å². The Morgan fingerprint density at radius 1 is 1.19 bits per heavy atom. The molecule has 0 bridgehead atoms. The van der Waals surface area contributed by atoms with Crippen molar-refractivity contribution in [2.45, 2.75) is 70.8 Å². The molecule has 0 heterocycles. The Bertz CT molecular complexity index is 372. The molecule has 2 rings (SSSR count). The van der Waals surface area contributed by atoms with Gasteiger partial charge in [0.15, 0.2) is 0 Å². The van der Waals surface area contributed by atoms with Gasteiger partial charge in [0.2, 0.25) is 0 Å². The Morgan fingerprint density at radius 2 is 1.86 bits per heavy atom. The van der Waals surface area contributed by atoms with E-state index in [-0.39, 0.29) is 23.9 Å². The minimum atomic E-state index is -0.769. The van der Waals surface area contributed by atoms with E-state index in [1.807, 2.05) is 0 Å². The number of nitrogens with one attached hydrogen (secondary N) is 2. The van der Waals surface area contributed by atoms with E-state index in [1.165, 1.54) is 19.3 Å². The number of amides is 2. The maximum atomic E-state index is 12.0. The van der Waals surface area contributed by atoms with Crippen LogP contribution in [0.3, 0.4) is 0 Å². The van der Waals surface area contributed by atoms with Crippen LogP contribution in [0.4, 0.5) is 4.79 Å². The van der Waals surface area contributed by atoms with Crippen LogP contribution in [0.1, 0.15) is 64.7 Å². The van der Waals surface area contributed by atoms with Crippen molar-refractivity contribution in [3.63, 3.8) is 0 Å². The molecule has 0 aromatic heterocycles. The topological polar surface area (TPSA) is 78.4 Å². The number of carboxylic acid groups (broad SMARTS) is 1. The van der Waals surface area contributed by atoms with Gasteiger partial charge in [0.05, 0.1) is 6.42 Å². The van der Waals surface area contributed by atoms with Gasteiger partial charge in [-0.05, 0) is 49.9 Å². The predicted octanol–water partition coefficient (Wildman–Crippen LogP) is 2.90. The molecule has 5 heteroatoms. The minimum Gasteiger partial charge on any atom is -0.481 e. The molecule has 2 fully saturated rings. The van der Waals surface area contributed by atoms with Crippen LogP contribution in [-0.4, -0.2) is 29.7 Å². The molecule has 2 aliphatic rings. The Kier molecular flexibility index (Phi) is 5.48. The number of carboxylic acids is 1. The first-order valence-electron chi connectivity index (χ1n) is 8.29. The molecule has 0 saturated heterocycles. The SMILES string of the molecule is CCC1CCC(NC(=O)NCC2(CC(=O)O)CCC2)CC1. The first-order valence-corrected chi connectivity index (χ1v) is 8.29. The molecule has 21 heavy (non-hydrogen) atoms. The number of carbonyl (C=O) groups excluding carboxylic acids is 1. The van der Waals surface area contributed by atoms with Gasteiger partial charge in [0, 0.05) is 12.6 Å². The molecular formula is C16H28N2O3. The number of rotatable bonds is 6. The van der Waals surface area contributed by atoms with Crippen molar-refractivity contribution >= 4 is 12.0 Å². The number of hydrogen-bond acceptors (Lipinski definition) is 2. The monoisotopic (exact) mass is 296 g/mol. The fourth-order valence-corrected chi connectivity index (χ4v) is 3.63. The van der Waals surface area contributed by atoms with Crippen molar-refractivity contribution in [1.29, 1.82) is 0 Å². The van der Waals surface area contributed by atoms with E-state index >= 15 is 0 Å². The largest absolute Gasteiger partial charge is 0.481 e. The summed E-state index contributed by atoms with van der Waals surface area (Å²) in [6.45, 7) is 2.71. The highest BCUT2D eigenvalue weighted by Gasteiger charge is 2.39. The summed E-state index contributed by atoms with van der Waals surface area (Å²) in [5.74, 6) is 0.0507. The van der Waals surface area contributed by atoms with E-state index in [4.69, 9.17) is 5.11 Å². The van der Waals surface area contributed by atoms with Gasteiger partial charge in [-0.3, -0.25) is 4.79 Å². The molecule has 2 saturated carbocycles. The summed E-state index contributed by atoms with van der Waals surface area (Å²) in [6.07, 6.45) is 8.79. The third-order valence-electron chi connectivity index (χ3n) is 5.32. The Hall–Kier alpha value is -1.26. The summed E-state index contributed by atoms with van der Waals surface area (Å²) in [5, 5.41) is 14.9. The summed E-state index contributed by atoms with van der Waals surface area (Å²) < 4.78 is 0. The molecule has 0 aliphatic heterocycles. The second kappa shape index (κ2) is 7.14. The van der Waals surface area contributed by atoms with Gasteiger partial charge in [-0.25, -0.2) is 4.79 Å². The van der Waals surface area contributed by atoms with Crippen molar-refractivity contribution in [2.75, 3.05) is 6.54 Å². The summed E-state index contributed by atoms with van der Waals surface area (Å²) in [5.41, 5.74) is -0.205. The number of urea groups is 1. The van der Waals surface area contributed by atoms with Gasteiger partial charge in [0.1, 0.15) is 0 Å². The quantitative estimate of drug-likeness (QED) is 0.705. The second-order valence-corrected chi connectivity index (χ2v) is 6.88. The Morgan fingerprint density at radius 3 is 2.33 bits per heavy atom. The zero-order valence-corrected chi connectivity index (χ0v) is 13.0. The highest BCUT2D eigenvalue weighted by molar-refractivity contribution is 5.74. The molecule has 0 aromatic carbocycles. The maximum Gasteiger partial charge on any atom is 0.315 e. The molecule has 120 valence electrons. The summed E-state index contributed by atoms with van der Waals surface area (Å²) >= 11 is 0. The molecule has 2 aliphatic carbocycles. The normalized spacial score (nSPS) is 27.5. The average Bonchev–Trinajstić information content (AvgIpc) is 2.42. The Balaban J connectivity index is 1.69. The number of hydrogen-bond donors (Lipinski definition) is 3. The van der Waals surface area contributed by atoms with Crippen LogP contribution >= 0.6 is 0 Å². The molecule has 0 atom stereocenters. The van der Waals surface area contributed by atoms with E-state index in [1.54, 1.807) is 0 Å². The van der Waals surface area contributed by atoms with Gasteiger partial charge >= 0.3 is 12.0 Å². The highest BCUT2D eigenvalue weighted by Crippen LogP contribution is 2.43. The zero-order valence-electron chi connectivity index (χ0n) is 13.0. The van der Waals surface area contributed by atoms with Crippen LogP contribution in [0.15, 0.2) is 0 Å². The minimum absolute atomic E-state index is 0.133. The molecule has 3 N–H and O–H groups in total. The summed E-state index contributed by atoms with van der Waals surface area (Å²) in [6, 6.07) is 0.149. The van der Waals surface area contributed by atoms with Crippen LogP contribution < -0.4 is 10.6 Å². The molecule has 0 unspecified atom stereocenters. The molecule has 0 radical (unpaired) electrons. The lowest BCUT2D eigenvalue weighted by Gasteiger charge is -2.41. The van der Waals surface area contributed by atoms with Gasteiger partial charge in [-0.2, -0.15) is 0 Å². The highest BCUT2D eigenvalue weighted by atomic mass is 16.4. The average molecular weight is 296 g/mol. The predicted molar refractivity (Wildman–Crippen MR) is 81.1 cm³/mol. The van der Waals surface area contributed by atoms with Crippen molar-refractivity contribution in [3.8, 4) is 0 Å². The van der Waals surface area contributed by atoms with E-state index in [0.29, 0.717) is 6.54 Å². The molecular weight excluding hydrogens is 268 g/mol. The van der Waals surface area contributed by atoms with Gasteiger partial charge in [0.25, 0.3) is 0 Å². The first-order chi connectivity index (χ1) is 10.0. The lowest BCUT2D eigenvalue weighted by molar-refractivity contribution is -0.141. The second-order valence-electron chi connectivity index (χ2n) is 6.88. The van der Waals surface area contributed by atoms with Crippen molar-refractivity contribution < 1.29 is 14.7 Å². The molecule has 0 aromatic rings. The summed E-state index contributed by atoms with van der Waals surface area (Å²) in [4.78, 5) is 22.9. The van der Waals surface area contributed by atoms with Crippen LogP contribution in [0.5, 0.6) is 0 Å². The molecule has 5 nitrogen and oxygen atoms in total. The van der Waals surface area contributed by atoms with Gasteiger partial charge < -0.3 is 15.7 Å². The third-order valence-corrected chi connectivity index (χ3v) is 5.32. The third kappa shape index (κ3) is 4.61. The van der Waals surface area contributed by atoms with E-state index in [0.717, 1.165) is 38.0 Å². The number of carbonyl (C=O) groups is 2. The van der Waals surface area contributed by atoms with Gasteiger partial charge in [-0.15, -0.1) is 0 Å². The molecule has 2 amide bonds. The van der Waals surface area contributed by atoms with Crippen molar-refractivity contribution in [3.05, 3.63) is 0 Å². The smallest absolute Gasteiger partial charge is 0.315 e. The first kappa shape index (κ1) is 16.1. The van der Waals surface area contributed by atoms with Crippen molar-refractivity contribution in [2.24, 2.45) is 11.3 Å². The fourth-order valence-electron chi connectivity index (χ4n) is 3.63. The van der Waals surface area contributed by atoms with E-state index in [2.05, 4.69) is 17.6 Å². The standard InChI is InChI=1S/C16H28N2O3/c1-2-12-4-6-13(7-5-12)18-15(21)17-11-16(8-3-9-16)10-14(19)20/h12-13H,2-11H2,1H3,(H,19,20)(H2,17,18,21). The fraction of sp³-hybridized carbons (Fsp3) is 0.875. The maximum absolute atomic E-state index is 12.0. The lowest BCUT2D eigenvalue weighted by Crippen LogP contribution is -2.49. The van der Waals surface area contributed by atoms with Crippen LogP contribution in [0.2, 0.25) is 0 Å². The van der Waals surface area contributed by atoms with Crippen LogP contribution in [-0.2, 0) is 4.79 Å². The number of aliphatic carboxylic acids is 1. The summed E-state index contributed by atoms with van der Waals surface area (Å²) in [7, 11) is 0. The van der Waals surface area contributed by atoms with Crippen LogP contribution in [0.25, 0.3) is 0 Å². The zero-order chi connectivity index (χ0) is 15.3. The molecule has 0 spiro atoms. The van der Waals surface area contributed by atoms with Crippen molar-refractivity contribution in [1.82, 2.24) is 10.6 Å².